The van der Waals surface area contributed by atoms with Crippen LogP contribution in [0.25, 0.3) is 0 Å². The third-order valence-electron chi connectivity index (χ3n) is 3.51. The van der Waals surface area contributed by atoms with Crippen LogP contribution in [0.2, 0.25) is 0 Å². The van der Waals surface area contributed by atoms with Crippen molar-refractivity contribution < 1.29 is 0 Å². The quantitative estimate of drug-likeness (QED) is 0.821. The second-order valence-corrected chi connectivity index (χ2v) is 5.67. The number of nitrogens with zero attached hydrogens (tertiary/aromatic N) is 2. The molecular formula is C12H21N3S. The highest BCUT2D eigenvalue weighted by Gasteiger charge is 2.32. The van der Waals surface area contributed by atoms with Crippen LogP contribution >= 0.6 is 11.3 Å². The zero-order valence-electron chi connectivity index (χ0n) is 10.1. The fraction of sp³-hybridized carbons (Fsp3) is 0.750. The largest absolute Gasteiger partial charge is 0.329 e. The first-order valence-electron chi connectivity index (χ1n) is 6.01. The summed E-state index contributed by atoms with van der Waals surface area (Å²) in [7, 11) is 2.20. The van der Waals surface area contributed by atoms with Crippen molar-refractivity contribution in [2.45, 2.75) is 32.2 Å². The third-order valence-corrected chi connectivity index (χ3v) is 4.51. The minimum absolute atomic E-state index is 0.591. The van der Waals surface area contributed by atoms with Crippen molar-refractivity contribution in [2.75, 3.05) is 20.1 Å². The van der Waals surface area contributed by atoms with E-state index in [0.29, 0.717) is 6.04 Å². The lowest BCUT2D eigenvalue weighted by atomic mass is 10.1. The normalized spacial score (nSPS) is 18.0. The standard InChI is InChI=1S/C12H21N3S/c1-9-12(16-8-14-9)5-6-15(2)11(7-13)10-3-4-10/h8,10-11H,3-7,13H2,1-2H3. The Balaban J connectivity index is 1.82. The Labute approximate surface area is 102 Å². The molecule has 3 nitrogen and oxygen atoms in total. The molecule has 1 aromatic rings. The molecular weight excluding hydrogens is 218 g/mol. The predicted octanol–water partition coefficient (Wildman–Crippen LogP) is 1.66. The zero-order valence-corrected chi connectivity index (χ0v) is 11.0. The maximum atomic E-state index is 5.84. The van der Waals surface area contributed by atoms with E-state index in [0.717, 1.165) is 25.4 Å². The first kappa shape index (κ1) is 12.0. The molecule has 16 heavy (non-hydrogen) atoms. The van der Waals surface area contributed by atoms with Gasteiger partial charge < -0.3 is 10.6 Å². The topological polar surface area (TPSA) is 42.2 Å². The van der Waals surface area contributed by atoms with Gasteiger partial charge in [0.25, 0.3) is 0 Å². The molecule has 90 valence electrons. The van der Waals surface area contributed by atoms with Crippen LogP contribution in [0.5, 0.6) is 0 Å². The van der Waals surface area contributed by atoms with Crippen LogP contribution in [-0.2, 0) is 6.42 Å². The third kappa shape index (κ3) is 2.81. The van der Waals surface area contributed by atoms with Gasteiger partial charge in [0, 0.05) is 24.0 Å². The van der Waals surface area contributed by atoms with Crippen LogP contribution < -0.4 is 5.73 Å². The number of nitrogens with two attached hydrogens (primary N) is 1. The summed E-state index contributed by atoms with van der Waals surface area (Å²) in [5.74, 6) is 0.859. The van der Waals surface area contributed by atoms with E-state index in [1.807, 2.05) is 5.51 Å². The first-order chi connectivity index (χ1) is 7.72. The van der Waals surface area contributed by atoms with Crippen molar-refractivity contribution in [3.05, 3.63) is 16.1 Å². The van der Waals surface area contributed by atoms with Crippen molar-refractivity contribution in [1.82, 2.24) is 9.88 Å². The van der Waals surface area contributed by atoms with Gasteiger partial charge in [-0.25, -0.2) is 4.98 Å². The van der Waals surface area contributed by atoms with E-state index >= 15 is 0 Å². The maximum absolute atomic E-state index is 5.84. The van der Waals surface area contributed by atoms with E-state index in [9.17, 15) is 0 Å². The average Bonchev–Trinajstić information content (AvgIpc) is 3.01. The molecule has 2 N–H and O–H groups in total. The molecule has 0 radical (unpaired) electrons. The molecule has 4 heteroatoms. The summed E-state index contributed by atoms with van der Waals surface area (Å²) in [4.78, 5) is 8.12. The van der Waals surface area contributed by atoms with Crippen molar-refractivity contribution in [1.29, 1.82) is 0 Å². The number of likely N-dealkylation sites (N-methyl/N-ethyl adjacent to an activating group) is 1. The summed E-state index contributed by atoms with van der Waals surface area (Å²) in [6, 6.07) is 0.591. The van der Waals surface area contributed by atoms with Crippen molar-refractivity contribution >= 4 is 11.3 Å². The maximum Gasteiger partial charge on any atom is 0.0797 e. The Morgan fingerprint density at radius 2 is 2.38 bits per heavy atom. The molecule has 1 aliphatic rings. The van der Waals surface area contributed by atoms with E-state index in [-0.39, 0.29) is 0 Å². The minimum Gasteiger partial charge on any atom is -0.329 e. The summed E-state index contributed by atoms with van der Waals surface area (Å²) in [5.41, 5.74) is 8.97. The second kappa shape index (κ2) is 5.25. The Morgan fingerprint density at radius 3 is 2.88 bits per heavy atom. The van der Waals surface area contributed by atoms with Crippen LogP contribution in [-0.4, -0.2) is 36.1 Å². The first-order valence-corrected chi connectivity index (χ1v) is 6.89. The highest BCUT2D eigenvalue weighted by atomic mass is 32.1. The molecule has 1 heterocycles. The van der Waals surface area contributed by atoms with Gasteiger partial charge in [-0.2, -0.15) is 0 Å². The lowest BCUT2D eigenvalue weighted by Crippen LogP contribution is -2.40. The summed E-state index contributed by atoms with van der Waals surface area (Å²) in [5, 5.41) is 0. The van der Waals surface area contributed by atoms with E-state index in [1.54, 1.807) is 11.3 Å². The molecule has 1 fully saturated rings. The highest BCUT2D eigenvalue weighted by molar-refractivity contribution is 7.09. The van der Waals surface area contributed by atoms with Crippen molar-refractivity contribution in [2.24, 2.45) is 11.7 Å². The summed E-state index contributed by atoms with van der Waals surface area (Å²) >= 11 is 1.77. The van der Waals surface area contributed by atoms with Gasteiger partial charge in [0.15, 0.2) is 0 Å². The van der Waals surface area contributed by atoms with Gasteiger partial charge >= 0.3 is 0 Å². The molecule has 0 amide bonds. The molecule has 1 aliphatic carbocycles. The fourth-order valence-corrected chi connectivity index (χ4v) is 2.99. The Bertz CT molecular complexity index is 333. The molecule has 1 atom stereocenters. The Morgan fingerprint density at radius 1 is 1.62 bits per heavy atom. The van der Waals surface area contributed by atoms with Crippen LogP contribution in [0.4, 0.5) is 0 Å². The van der Waals surface area contributed by atoms with Crippen LogP contribution in [0.15, 0.2) is 5.51 Å². The van der Waals surface area contributed by atoms with E-state index in [4.69, 9.17) is 5.73 Å². The van der Waals surface area contributed by atoms with Crippen molar-refractivity contribution in [3.8, 4) is 0 Å². The van der Waals surface area contributed by atoms with E-state index in [1.165, 1.54) is 23.4 Å². The number of hydrogen-bond donors (Lipinski definition) is 1. The average molecular weight is 239 g/mol. The molecule has 0 bridgehead atoms. The van der Waals surface area contributed by atoms with Gasteiger partial charge in [-0.1, -0.05) is 0 Å². The summed E-state index contributed by atoms with van der Waals surface area (Å²) in [6.07, 6.45) is 3.84. The van der Waals surface area contributed by atoms with Gasteiger partial charge in [-0.05, 0) is 39.2 Å². The smallest absolute Gasteiger partial charge is 0.0797 e. The van der Waals surface area contributed by atoms with Crippen molar-refractivity contribution in [3.63, 3.8) is 0 Å². The van der Waals surface area contributed by atoms with Crippen LogP contribution in [0.1, 0.15) is 23.4 Å². The molecule has 0 spiro atoms. The predicted molar refractivity (Wildman–Crippen MR) is 68.8 cm³/mol. The molecule has 0 aromatic carbocycles. The molecule has 1 saturated carbocycles. The number of aryl methyl sites for hydroxylation is 1. The Kier molecular flexibility index (Phi) is 3.95. The zero-order chi connectivity index (χ0) is 11.5. The molecule has 1 unspecified atom stereocenters. The van der Waals surface area contributed by atoms with Crippen LogP contribution in [0, 0.1) is 12.8 Å². The molecule has 1 aromatic heterocycles. The van der Waals surface area contributed by atoms with Gasteiger partial charge in [-0.15, -0.1) is 11.3 Å². The number of hydrogen-bond acceptors (Lipinski definition) is 4. The van der Waals surface area contributed by atoms with Gasteiger partial charge in [0.05, 0.1) is 11.2 Å². The van der Waals surface area contributed by atoms with E-state index in [2.05, 4.69) is 23.9 Å². The fourth-order valence-electron chi connectivity index (χ4n) is 2.22. The second-order valence-electron chi connectivity index (χ2n) is 4.73. The lowest BCUT2D eigenvalue weighted by molar-refractivity contribution is 0.226. The van der Waals surface area contributed by atoms with Crippen LogP contribution in [0.3, 0.4) is 0 Å². The monoisotopic (exact) mass is 239 g/mol. The Hall–Kier alpha value is -0.450. The van der Waals surface area contributed by atoms with Gasteiger partial charge in [-0.3, -0.25) is 0 Å². The number of rotatable bonds is 6. The highest BCUT2D eigenvalue weighted by Crippen LogP contribution is 2.34. The van der Waals surface area contributed by atoms with Gasteiger partial charge in [0.1, 0.15) is 0 Å². The summed E-state index contributed by atoms with van der Waals surface area (Å²) < 4.78 is 0. The molecule has 0 saturated heterocycles. The van der Waals surface area contributed by atoms with E-state index < -0.39 is 0 Å². The number of aromatic nitrogens is 1. The molecule has 2 rings (SSSR count). The van der Waals surface area contributed by atoms with Gasteiger partial charge in [0.2, 0.25) is 0 Å². The minimum atomic E-state index is 0.591. The lowest BCUT2D eigenvalue weighted by Gasteiger charge is -2.26. The SMILES string of the molecule is Cc1ncsc1CCN(C)C(CN)C1CC1. The molecule has 0 aliphatic heterocycles. The number of thiazole rings is 1. The summed E-state index contributed by atoms with van der Waals surface area (Å²) in [6.45, 7) is 3.98.